The Kier molecular flexibility index (Phi) is 233. The standard InChI is InChI=1S/3ClH.K.Li/h3*1H;;/q;;;2*+1/p-2. The van der Waals surface area contributed by atoms with Gasteiger partial charge in [-0.2, -0.15) is 0 Å². The maximum atomic E-state index is 0. The summed E-state index contributed by atoms with van der Waals surface area (Å²) in [6.07, 6.45) is 0. The molecular formula is HCl3KLi. The zero-order chi connectivity index (χ0) is 0. The second-order valence-electron chi connectivity index (χ2n) is 0. The Morgan fingerprint density at radius 2 is 0.800 bits per heavy atom. The molecule has 0 atom stereocenters. The van der Waals surface area contributed by atoms with E-state index in [4.69, 9.17) is 0 Å². The van der Waals surface area contributed by atoms with Gasteiger partial charge in [-0.25, -0.2) is 0 Å². The van der Waals surface area contributed by atoms with Crippen molar-refractivity contribution in [1.82, 2.24) is 0 Å². The van der Waals surface area contributed by atoms with Gasteiger partial charge >= 0.3 is 70.2 Å². The van der Waals surface area contributed by atoms with E-state index in [0.717, 1.165) is 0 Å². The van der Waals surface area contributed by atoms with Crippen LogP contribution in [0.1, 0.15) is 0 Å². The summed E-state index contributed by atoms with van der Waals surface area (Å²) in [6.45, 7) is 0. The SMILES string of the molecule is Cl.[Cl-].[Cl-].[K+].[Li+]. The summed E-state index contributed by atoms with van der Waals surface area (Å²) < 4.78 is 0. The Bertz CT molecular complexity index is 6.85. The van der Waals surface area contributed by atoms with E-state index in [1.807, 2.05) is 0 Å². The molecule has 0 radical (unpaired) electrons. The van der Waals surface area contributed by atoms with Gasteiger partial charge in [0.15, 0.2) is 0 Å². The molecule has 24 valence electrons. The number of rotatable bonds is 0. The molecule has 0 spiro atoms. The van der Waals surface area contributed by atoms with Crippen LogP contribution in [-0.2, 0) is 0 Å². The normalized spacial score (nSPS) is 0. The predicted octanol–water partition coefficient (Wildman–Crippen LogP) is -11.6. The molecule has 0 aromatic rings. The van der Waals surface area contributed by atoms with Crippen molar-refractivity contribution in [3.05, 3.63) is 0 Å². The predicted molar refractivity (Wildman–Crippen MR) is 7.25 cm³/mol. The Labute approximate surface area is 105 Å². The minimum Gasteiger partial charge on any atom is -1.00 e. The third kappa shape index (κ3) is 19.2. The molecule has 0 aliphatic heterocycles. The van der Waals surface area contributed by atoms with Crippen molar-refractivity contribution in [3.63, 3.8) is 0 Å². The largest absolute Gasteiger partial charge is 1.00 e. The van der Waals surface area contributed by atoms with Gasteiger partial charge in [0, 0.05) is 0 Å². The summed E-state index contributed by atoms with van der Waals surface area (Å²) in [5, 5.41) is 0. The molecule has 0 heterocycles. The summed E-state index contributed by atoms with van der Waals surface area (Å²) in [7, 11) is 0. The van der Waals surface area contributed by atoms with Crippen LogP contribution in [-0.4, -0.2) is 0 Å². The number of hydrogen-bond donors (Lipinski definition) is 0. The van der Waals surface area contributed by atoms with Crippen LogP contribution >= 0.6 is 12.4 Å². The minimum atomic E-state index is 0. The van der Waals surface area contributed by atoms with Crippen molar-refractivity contribution in [3.8, 4) is 0 Å². The maximum Gasteiger partial charge on any atom is 1.00 e. The number of hydrogen-bond acceptors (Lipinski definition) is 0. The molecule has 0 aliphatic carbocycles. The van der Waals surface area contributed by atoms with Crippen LogP contribution in [0.2, 0.25) is 0 Å². The molecule has 0 fully saturated rings. The van der Waals surface area contributed by atoms with E-state index in [1.54, 1.807) is 0 Å². The molecule has 0 amide bonds. The van der Waals surface area contributed by atoms with Crippen LogP contribution in [0.3, 0.4) is 0 Å². The molecule has 0 nitrogen and oxygen atoms in total. The maximum absolute atomic E-state index is 0. The molecule has 0 unspecified atom stereocenters. The van der Waals surface area contributed by atoms with Crippen molar-refractivity contribution in [2.75, 3.05) is 0 Å². The first-order valence-corrected chi connectivity index (χ1v) is 0. The fourth-order valence-electron chi connectivity index (χ4n) is 0. The van der Waals surface area contributed by atoms with Crippen LogP contribution in [0.4, 0.5) is 0 Å². The molecule has 0 aromatic heterocycles. The smallest absolute Gasteiger partial charge is 1.00 e. The zero-order valence-electron chi connectivity index (χ0n) is 3.16. The average molecular weight is 153 g/mol. The molecule has 0 bridgehead atoms. The first-order chi connectivity index (χ1) is 0. The minimum absolute atomic E-state index is 0. The Morgan fingerprint density at radius 3 is 0.800 bits per heavy atom. The third-order valence-corrected chi connectivity index (χ3v) is 0. The summed E-state index contributed by atoms with van der Waals surface area (Å²) >= 11 is 0. The van der Waals surface area contributed by atoms with E-state index >= 15 is 0 Å². The first-order valence-electron chi connectivity index (χ1n) is 0. The van der Waals surface area contributed by atoms with Gasteiger partial charge in [0.05, 0.1) is 0 Å². The van der Waals surface area contributed by atoms with Gasteiger partial charge in [-0.05, 0) is 0 Å². The first kappa shape index (κ1) is 42.5. The van der Waals surface area contributed by atoms with Crippen molar-refractivity contribution < 1.29 is 95.1 Å². The molecule has 0 saturated carbocycles. The topological polar surface area (TPSA) is 0 Å². The van der Waals surface area contributed by atoms with Crippen molar-refractivity contribution >= 4 is 12.4 Å². The summed E-state index contributed by atoms with van der Waals surface area (Å²) in [5.74, 6) is 0. The van der Waals surface area contributed by atoms with Gasteiger partial charge in [0.2, 0.25) is 0 Å². The van der Waals surface area contributed by atoms with E-state index in [1.165, 1.54) is 0 Å². The second-order valence-corrected chi connectivity index (χ2v) is 0. The molecule has 5 heteroatoms. The van der Waals surface area contributed by atoms with E-state index in [-0.39, 0.29) is 107 Å². The molecule has 0 saturated heterocycles. The molecule has 5 heavy (non-hydrogen) atoms. The van der Waals surface area contributed by atoms with Gasteiger partial charge < -0.3 is 24.8 Å². The second kappa shape index (κ2) is 27.5. The summed E-state index contributed by atoms with van der Waals surface area (Å²) in [4.78, 5) is 0. The van der Waals surface area contributed by atoms with Crippen molar-refractivity contribution in [1.29, 1.82) is 0 Å². The van der Waals surface area contributed by atoms with Gasteiger partial charge in [-0.1, -0.05) is 0 Å². The molecule has 0 aromatic carbocycles. The Balaban J connectivity index is 0. The monoisotopic (exact) mass is 152 g/mol. The third-order valence-electron chi connectivity index (χ3n) is 0. The van der Waals surface area contributed by atoms with E-state index < -0.39 is 0 Å². The summed E-state index contributed by atoms with van der Waals surface area (Å²) in [6, 6.07) is 0. The van der Waals surface area contributed by atoms with Gasteiger partial charge in [0.1, 0.15) is 0 Å². The molecule has 0 aliphatic rings. The van der Waals surface area contributed by atoms with Crippen LogP contribution in [0.25, 0.3) is 0 Å². The molecule has 0 N–H and O–H groups in total. The molecule has 0 rings (SSSR count). The average Bonchev–Trinajstić information content (AvgIpc) is 0. The van der Waals surface area contributed by atoms with E-state index in [9.17, 15) is 0 Å². The Hall–Kier alpha value is 3.10. The van der Waals surface area contributed by atoms with Crippen LogP contribution in [0.5, 0.6) is 0 Å². The van der Waals surface area contributed by atoms with Gasteiger partial charge in [-0.15, -0.1) is 12.4 Å². The van der Waals surface area contributed by atoms with Gasteiger partial charge in [-0.3, -0.25) is 0 Å². The number of halogens is 3. The van der Waals surface area contributed by atoms with Crippen LogP contribution in [0.15, 0.2) is 0 Å². The van der Waals surface area contributed by atoms with E-state index in [2.05, 4.69) is 0 Å². The van der Waals surface area contributed by atoms with Crippen molar-refractivity contribution in [2.24, 2.45) is 0 Å². The Morgan fingerprint density at radius 1 is 0.800 bits per heavy atom. The van der Waals surface area contributed by atoms with Crippen LogP contribution < -0.4 is 95.1 Å². The fraction of sp³-hybridized carbons (Fsp3) is 0. The quantitative estimate of drug-likeness (QED) is 0.303. The van der Waals surface area contributed by atoms with E-state index in [0.29, 0.717) is 0 Å². The molecular weight excluding hydrogens is 152 g/mol. The fourth-order valence-corrected chi connectivity index (χ4v) is 0. The zero-order valence-corrected chi connectivity index (χ0v) is 8.62. The summed E-state index contributed by atoms with van der Waals surface area (Å²) in [5.41, 5.74) is 0. The van der Waals surface area contributed by atoms with Crippen LogP contribution in [0, 0.1) is 0 Å². The van der Waals surface area contributed by atoms with Gasteiger partial charge in [0.25, 0.3) is 0 Å². The van der Waals surface area contributed by atoms with Crippen molar-refractivity contribution in [2.45, 2.75) is 0 Å².